The molecule has 0 spiro atoms. The van der Waals surface area contributed by atoms with E-state index in [9.17, 15) is 9.90 Å². The number of halogens is 1. The second kappa shape index (κ2) is 5.94. The summed E-state index contributed by atoms with van der Waals surface area (Å²) in [5, 5.41) is 14.2. The largest absolute Gasteiger partial charge is 0.393 e. The second-order valence-electron chi connectivity index (χ2n) is 6.17. The molecule has 0 saturated heterocycles. The number of rotatable bonds is 4. The number of nitrogens with zero attached hydrogens (tertiary/aromatic N) is 1. The van der Waals surface area contributed by atoms with Crippen molar-refractivity contribution in [3.05, 3.63) is 35.0 Å². The van der Waals surface area contributed by atoms with Gasteiger partial charge in [-0.1, -0.05) is 24.6 Å². The maximum Gasteiger partial charge on any atom is 0.268 e. The van der Waals surface area contributed by atoms with Crippen molar-refractivity contribution in [3.8, 4) is 0 Å². The first kappa shape index (κ1) is 15.4. The van der Waals surface area contributed by atoms with Gasteiger partial charge in [-0.15, -0.1) is 0 Å². The Morgan fingerprint density at radius 2 is 2.18 bits per heavy atom. The average Bonchev–Trinajstić information content (AvgIpc) is 2.79. The molecule has 1 aromatic heterocycles. The van der Waals surface area contributed by atoms with Gasteiger partial charge >= 0.3 is 0 Å². The Labute approximate surface area is 135 Å². The van der Waals surface area contributed by atoms with Gasteiger partial charge in [0.25, 0.3) is 5.91 Å². The van der Waals surface area contributed by atoms with E-state index in [2.05, 4.69) is 12.2 Å². The van der Waals surface area contributed by atoms with Crippen molar-refractivity contribution in [1.29, 1.82) is 0 Å². The highest BCUT2D eigenvalue weighted by molar-refractivity contribution is 6.31. The van der Waals surface area contributed by atoms with Crippen LogP contribution in [-0.2, 0) is 7.05 Å². The molecule has 0 bridgehead atoms. The van der Waals surface area contributed by atoms with E-state index in [4.69, 9.17) is 11.6 Å². The number of hydrogen-bond acceptors (Lipinski definition) is 2. The molecule has 5 heteroatoms. The van der Waals surface area contributed by atoms with Crippen LogP contribution < -0.4 is 5.32 Å². The lowest BCUT2D eigenvalue weighted by Gasteiger charge is -2.37. The van der Waals surface area contributed by atoms with Gasteiger partial charge in [-0.2, -0.15) is 0 Å². The molecule has 1 saturated carbocycles. The van der Waals surface area contributed by atoms with Crippen LogP contribution in [0, 0.1) is 5.92 Å². The van der Waals surface area contributed by atoms with Gasteiger partial charge in [0.1, 0.15) is 5.69 Å². The summed E-state index contributed by atoms with van der Waals surface area (Å²) in [7, 11) is 1.88. The summed E-state index contributed by atoms with van der Waals surface area (Å²) < 4.78 is 1.87. The molecule has 1 aliphatic rings. The van der Waals surface area contributed by atoms with Crippen molar-refractivity contribution in [2.75, 3.05) is 0 Å². The number of aliphatic hydroxyl groups is 1. The van der Waals surface area contributed by atoms with E-state index < -0.39 is 0 Å². The van der Waals surface area contributed by atoms with Crippen LogP contribution in [0.1, 0.15) is 36.7 Å². The zero-order chi connectivity index (χ0) is 15.9. The Morgan fingerprint density at radius 3 is 2.82 bits per heavy atom. The zero-order valence-electron chi connectivity index (χ0n) is 12.8. The van der Waals surface area contributed by atoms with Crippen LogP contribution in [0.15, 0.2) is 24.3 Å². The maximum absolute atomic E-state index is 12.6. The van der Waals surface area contributed by atoms with Crippen molar-refractivity contribution in [1.82, 2.24) is 9.88 Å². The normalized spacial score (nSPS) is 22.4. The van der Waals surface area contributed by atoms with Gasteiger partial charge in [-0.25, -0.2) is 0 Å². The molecular formula is C17H21ClN2O2. The highest BCUT2D eigenvalue weighted by atomic mass is 35.5. The molecule has 118 valence electrons. The molecule has 0 aliphatic heterocycles. The number of benzene rings is 1. The van der Waals surface area contributed by atoms with E-state index in [1.165, 1.54) is 0 Å². The van der Waals surface area contributed by atoms with Crippen LogP contribution in [0.25, 0.3) is 10.9 Å². The fraction of sp³-hybridized carbons (Fsp3) is 0.471. The van der Waals surface area contributed by atoms with Crippen LogP contribution in [0.3, 0.4) is 0 Å². The van der Waals surface area contributed by atoms with Gasteiger partial charge in [0.2, 0.25) is 0 Å². The lowest BCUT2D eigenvalue weighted by molar-refractivity contribution is 0.0232. The first-order chi connectivity index (χ1) is 10.5. The van der Waals surface area contributed by atoms with Gasteiger partial charge in [0.05, 0.1) is 6.10 Å². The zero-order valence-corrected chi connectivity index (χ0v) is 13.6. The number of aryl methyl sites for hydroxylation is 1. The number of carbonyl (C=O) groups excluding carboxylic acids is 1. The number of fused-ring (bicyclic) bond motifs is 1. The summed E-state index contributed by atoms with van der Waals surface area (Å²) in [4.78, 5) is 12.6. The predicted octanol–water partition coefficient (Wildman–Crippen LogP) is 3.11. The summed E-state index contributed by atoms with van der Waals surface area (Å²) in [5.74, 6) is 0.316. The fourth-order valence-corrected chi connectivity index (χ4v) is 3.44. The van der Waals surface area contributed by atoms with Crippen molar-refractivity contribution in [2.24, 2.45) is 13.0 Å². The minimum absolute atomic E-state index is 0.0666. The standard InChI is InChI=1S/C17H21ClN2O2/c1-3-14(11-6-13(21)7-11)19-17(22)16-8-10-4-5-12(18)9-15(10)20(16)2/h4-5,8-9,11,13-14,21H,3,6-7H2,1-2H3,(H,19,22)/t11?,13?,14-/m0/s1. The predicted molar refractivity (Wildman–Crippen MR) is 88.2 cm³/mol. The molecule has 1 aliphatic carbocycles. The smallest absolute Gasteiger partial charge is 0.268 e. The average molecular weight is 321 g/mol. The SMILES string of the molecule is CC[C@H](NC(=O)c1cc2ccc(Cl)cc2n1C)C1CC(O)C1. The highest BCUT2D eigenvalue weighted by Crippen LogP contribution is 2.31. The van der Waals surface area contributed by atoms with Crippen LogP contribution in [0.5, 0.6) is 0 Å². The Hall–Kier alpha value is -1.52. The Balaban J connectivity index is 1.81. The summed E-state index contributed by atoms with van der Waals surface area (Å²) in [6.45, 7) is 2.07. The van der Waals surface area contributed by atoms with Gasteiger partial charge in [-0.05, 0) is 43.4 Å². The van der Waals surface area contributed by atoms with Gasteiger partial charge in [-0.3, -0.25) is 4.79 Å². The molecule has 0 unspecified atom stereocenters. The molecule has 2 aromatic rings. The third-order valence-corrected chi connectivity index (χ3v) is 4.95. The number of nitrogens with one attached hydrogen (secondary N) is 1. The summed E-state index contributed by atoms with van der Waals surface area (Å²) in [6.07, 6.45) is 2.24. The Kier molecular flexibility index (Phi) is 4.15. The fourth-order valence-electron chi connectivity index (χ4n) is 3.28. The van der Waals surface area contributed by atoms with Crippen molar-refractivity contribution in [3.63, 3.8) is 0 Å². The van der Waals surface area contributed by atoms with Crippen molar-refractivity contribution < 1.29 is 9.90 Å². The summed E-state index contributed by atoms with van der Waals surface area (Å²) >= 11 is 6.03. The molecular weight excluding hydrogens is 300 g/mol. The third kappa shape index (κ3) is 2.73. The number of aromatic nitrogens is 1. The first-order valence-corrected chi connectivity index (χ1v) is 8.11. The quantitative estimate of drug-likeness (QED) is 0.909. The minimum Gasteiger partial charge on any atom is -0.393 e. The molecule has 1 amide bonds. The molecule has 4 nitrogen and oxygen atoms in total. The van der Waals surface area contributed by atoms with Gasteiger partial charge in [0, 0.05) is 29.0 Å². The molecule has 1 heterocycles. The lowest BCUT2D eigenvalue weighted by atomic mass is 9.76. The minimum atomic E-state index is -0.198. The Bertz CT molecular complexity index is 704. The van der Waals surface area contributed by atoms with Crippen LogP contribution in [0.4, 0.5) is 0 Å². The Morgan fingerprint density at radius 1 is 1.45 bits per heavy atom. The number of carbonyl (C=O) groups is 1. The van der Waals surface area contributed by atoms with Crippen LogP contribution in [-0.4, -0.2) is 27.7 Å². The molecule has 1 aromatic carbocycles. The molecule has 3 rings (SSSR count). The topological polar surface area (TPSA) is 54.3 Å². The van der Waals surface area contributed by atoms with Crippen molar-refractivity contribution >= 4 is 28.4 Å². The molecule has 2 N–H and O–H groups in total. The monoisotopic (exact) mass is 320 g/mol. The summed E-state index contributed by atoms with van der Waals surface area (Å²) in [6, 6.07) is 7.64. The molecule has 1 atom stereocenters. The van der Waals surface area contributed by atoms with Gasteiger partial charge in [0.15, 0.2) is 0 Å². The van der Waals surface area contributed by atoms with E-state index in [-0.39, 0.29) is 18.1 Å². The van der Waals surface area contributed by atoms with Crippen LogP contribution >= 0.6 is 11.6 Å². The van der Waals surface area contributed by atoms with E-state index in [0.717, 1.165) is 30.2 Å². The number of aliphatic hydroxyl groups excluding tert-OH is 1. The molecule has 0 radical (unpaired) electrons. The second-order valence-corrected chi connectivity index (χ2v) is 6.60. The number of amides is 1. The van der Waals surface area contributed by atoms with E-state index >= 15 is 0 Å². The third-order valence-electron chi connectivity index (χ3n) is 4.72. The highest BCUT2D eigenvalue weighted by Gasteiger charge is 2.34. The van der Waals surface area contributed by atoms with Crippen molar-refractivity contribution in [2.45, 2.75) is 38.3 Å². The molecule has 22 heavy (non-hydrogen) atoms. The maximum atomic E-state index is 12.6. The van der Waals surface area contributed by atoms with E-state index in [1.54, 1.807) is 0 Å². The first-order valence-electron chi connectivity index (χ1n) is 7.73. The number of hydrogen-bond donors (Lipinski definition) is 2. The lowest BCUT2D eigenvalue weighted by Crippen LogP contribution is -2.47. The van der Waals surface area contributed by atoms with Gasteiger partial charge < -0.3 is 15.0 Å². The van der Waals surface area contributed by atoms with E-state index in [1.807, 2.05) is 35.9 Å². The van der Waals surface area contributed by atoms with Crippen LogP contribution in [0.2, 0.25) is 5.02 Å². The molecule has 1 fully saturated rings. The van der Waals surface area contributed by atoms with E-state index in [0.29, 0.717) is 16.6 Å². The summed E-state index contributed by atoms with van der Waals surface area (Å²) in [5.41, 5.74) is 1.58.